The van der Waals surface area contributed by atoms with Gasteiger partial charge in [-0.15, -0.1) is 0 Å². The van der Waals surface area contributed by atoms with E-state index < -0.39 is 24.4 Å². The fraction of sp³-hybridized carbons (Fsp3) is 0.636. The normalized spacial score (nSPS) is 28.4. The summed E-state index contributed by atoms with van der Waals surface area (Å²) in [5, 5.41) is 27.0. The van der Waals surface area contributed by atoms with Crippen LogP contribution in [0.4, 0.5) is 0 Å². The maximum atomic E-state index is 11.0. The number of benzene rings is 1. The van der Waals surface area contributed by atoms with Crippen molar-refractivity contribution in [2.75, 3.05) is 27.9 Å². The molecule has 32 heavy (non-hydrogen) atoms. The third-order valence-corrected chi connectivity index (χ3v) is 6.96. The summed E-state index contributed by atoms with van der Waals surface area (Å²) in [6, 6.07) is 1.22. The molecule has 1 aromatic carbocycles. The van der Waals surface area contributed by atoms with Crippen molar-refractivity contribution < 1.29 is 39.1 Å². The molecule has 178 valence electrons. The number of nitrogens with two attached hydrogens (primary N) is 1. The molecule has 1 aromatic rings. The topological polar surface area (TPSA) is 152 Å². The van der Waals surface area contributed by atoms with E-state index in [1.807, 2.05) is 13.2 Å². The summed E-state index contributed by atoms with van der Waals surface area (Å²) >= 11 is 0. The molecule has 1 aliphatic carbocycles. The Morgan fingerprint density at radius 1 is 1.25 bits per heavy atom. The smallest absolute Gasteiger partial charge is 0.321 e. The van der Waals surface area contributed by atoms with Crippen LogP contribution in [0.15, 0.2) is 6.07 Å². The van der Waals surface area contributed by atoms with Gasteiger partial charge >= 0.3 is 11.9 Å². The highest BCUT2D eigenvalue weighted by Crippen LogP contribution is 2.59. The Balaban J connectivity index is 0.000000275. The molecule has 1 saturated carbocycles. The molecule has 10 nitrogen and oxygen atoms in total. The number of methoxy groups -OCH3 is 3. The molecule has 10 heteroatoms. The average molecular weight is 453 g/mol. The molecule has 2 fully saturated rings. The summed E-state index contributed by atoms with van der Waals surface area (Å²) in [4.78, 5) is 22.2. The number of carbonyl (C=O) groups is 2. The maximum absolute atomic E-state index is 11.0. The lowest BCUT2D eigenvalue weighted by Gasteiger charge is -2.49. The first-order valence-corrected chi connectivity index (χ1v) is 10.6. The summed E-state index contributed by atoms with van der Waals surface area (Å²) < 4.78 is 16.5. The second kappa shape index (κ2) is 9.51. The summed E-state index contributed by atoms with van der Waals surface area (Å²) in [6.45, 7) is 1.95. The van der Waals surface area contributed by atoms with Crippen LogP contribution >= 0.6 is 0 Å². The first-order valence-electron chi connectivity index (χ1n) is 10.6. The summed E-state index contributed by atoms with van der Waals surface area (Å²) in [7, 11) is 5.01. The van der Waals surface area contributed by atoms with E-state index in [2.05, 4.69) is 4.90 Å². The van der Waals surface area contributed by atoms with Gasteiger partial charge in [-0.25, -0.2) is 0 Å². The van der Waals surface area contributed by atoms with E-state index in [-0.39, 0.29) is 11.2 Å². The van der Waals surface area contributed by atoms with Crippen LogP contribution in [-0.2, 0) is 26.3 Å². The highest BCUT2D eigenvalue weighted by atomic mass is 16.5. The number of phenols is 1. The molecule has 0 amide bonds. The van der Waals surface area contributed by atoms with Gasteiger partial charge in [-0.2, -0.15) is 0 Å². The Kier molecular flexibility index (Phi) is 7.16. The molecule has 3 aliphatic rings. The molecule has 1 saturated heterocycles. The van der Waals surface area contributed by atoms with Gasteiger partial charge in [0.15, 0.2) is 11.5 Å². The number of fused-ring (bicyclic) bond motifs is 1. The summed E-state index contributed by atoms with van der Waals surface area (Å²) in [5.74, 6) is -1.13. The van der Waals surface area contributed by atoms with E-state index in [1.165, 1.54) is 5.56 Å². The van der Waals surface area contributed by atoms with Crippen molar-refractivity contribution in [1.82, 2.24) is 4.90 Å². The second-order valence-electron chi connectivity index (χ2n) is 8.56. The van der Waals surface area contributed by atoms with Crippen LogP contribution in [0.1, 0.15) is 43.2 Å². The number of phenolic OH excluding ortho intramolecular Hbond substituents is 1. The minimum absolute atomic E-state index is 0.0340. The number of rotatable bonds is 6. The highest BCUT2D eigenvalue weighted by molar-refractivity contribution is 5.80. The lowest BCUT2D eigenvalue weighted by molar-refractivity contribution is -0.144. The van der Waals surface area contributed by atoms with Crippen molar-refractivity contribution >= 4 is 11.9 Å². The zero-order valence-electron chi connectivity index (χ0n) is 18.7. The van der Waals surface area contributed by atoms with Crippen LogP contribution in [-0.4, -0.2) is 78.2 Å². The molecule has 0 spiro atoms. The van der Waals surface area contributed by atoms with Crippen molar-refractivity contribution in [3.05, 3.63) is 17.2 Å². The Labute approximate surface area is 186 Å². The third kappa shape index (κ3) is 4.22. The number of hydrogen-bond donors (Lipinski definition) is 4. The van der Waals surface area contributed by atoms with E-state index in [0.29, 0.717) is 23.6 Å². The predicted octanol–water partition coefficient (Wildman–Crippen LogP) is 1.31. The van der Waals surface area contributed by atoms with Crippen molar-refractivity contribution in [3.8, 4) is 17.2 Å². The largest absolute Gasteiger partial charge is 0.504 e. The molecule has 4 unspecified atom stereocenters. The lowest BCUT2D eigenvalue weighted by Crippen LogP contribution is -2.51. The molecule has 0 radical (unpaired) electrons. The molecule has 2 bridgehead atoms. The van der Waals surface area contributed by atoms with Gasteiger partial charge in [-0.3, -0.25) is 14.5 Å². The van der Waals surface area contributed by atoms with Crippen LogP contribution < -0.4 is 15.2 Å². The Bertz CT molecular complexity index is 876. The van der Waals surface area contributed by atoms with Crippen molar-refractivity contribution in [2.24, 2.45) is 5.73 Å². The van der Waals surface area contributed by atoms with Gasteiger partial charge in [-0.1, -0.05) is 0 Å². The van der Waals surface area contributed by atoms with Gasteiger partial charge in [0.05, 0.1) is 26.7 Å². The van der Waals surface area contributed by atoms with Crippen LogP contribution in [0.2, 0.25) is 0 Å². The predicted molar refractivity (Wildman–Crippen MR) is 114 cm³/mol. The molecule has 0 aromatic heterocycles. The summed E-state index contributed by atoms with van der Waals surface area (Å²) in [6.07, 6.45) is 4.05. The number of carboxylic acids is 2. The zero-order chi connectivity index (χ0) is 23.6. The van der Waals surface area contributed by atoms with Gasteiger partial charge in [0.1, 0.15) is 6.04 Å². The zero-order valence-corrected chi connectivity index (χ0v) is 18.7. The molecule has 5 atom stereocenters. The van der Waals surface area contributed by atoms with Crippen molar-refractivity contribution in [3.63, 3.8) is 0 Å². The van der Waals surface area contributed by atoms with Crippen molar-refractivity contribution in [2.45, 2.75) is 62.3 Å². The number of hydrogen-bond acceptors (Lipinski definition) is 8. The Hall–Kier alpha value is -2.56. The highest BCUT2D eigenvalue weighted by Gasteiger charge is 2.56. The molecule has 2 aliphatic heterocycles. The first kappa shape index (κ1) is 24.1. The average Bonchev–Trinajstić information content (AvgIpc) is 3.02. The Morgan fingerprint density at radius 2 is 1.97 bits per heavy atom. The number of carboxylic acid groups (broad SMARTS) is 2. The van der Waals surface area contributed by atoms with Crippen LogP contribution in [0.3, 0.4) is 0 Å². The van der Waals surface area contributed by atoms with Gasteiger partial charge in [-0.05, 0) is 43.9 Å². The monoisotopic (exact) mass is 452 g/mol. The molecular weight excluding hydrogens is 420 g/mol. The second-order valence-corrected chi connectivity index (χ2v) is 8.56. The quantitative estimate of drug-likeness (QED) is 0.497. The van der Waals surface area contributed by atoms with Crippen molar-refractivity contribution in [1.29, 1.82) is 0 Å². The number of aliphatic carboxylic acids is 2. The van der Waals surface area contributed by atoms with E-state index >= 15 is 0 Å². The molecule has 5 N–H and O–H groups in total. The van der Waals surface area contributed by atoms with Crippen LogP contribution in [0, 0.1) is 0 Å². The van der Waals surface area contributed by atoms with E-state index in [1.54, 1.807) is 14.2 Å². The molecule has 2 heterocycles. The lowest BCUT2D eigenvalue weighted by atomic mass is 9.62. The third-order valence-electron chi connectivity index (χ3n) is 6.96. The van der Waals surface area contributed by atoms with Gasteiger partial charge < -0.3 is 35.3 Å². The number of aromatic hydroxyl groups is 1. The van der Waals surface area contributed by atoms with Gasteiger partial charge in [0.25, 0.3) is 0 Å². The van der Waals surface area contributed by atoms with Crippen LogP contribution in [0.5, 0.6) is 17.2 Å². The van der Waals surface area contributed by atoms with E-state index in [9.17, 15) is 14.7 Å². The molecular formula is C22H32N2O8. The van der Waals surface area contributed by atoms with Gasteiger partial charge in [0.2, 0.25) is 5.75 Å². The van der Waals surface area contributed by atoms with E-state index in [0.717, 1.165) is 44.3 Å². The minimum atomic E-state index is -1.29. The fourth-order valence-corrected chi connectivity index (χ4v) is 5.49. The summed E-state index contributed by atoms with van der Waals surface area (Å²) in [5.41, 5.74) is 7.16. The molecule has 4 rings (SSSR count). The SMILES string of the molecule is COc1cc2c(c(O)c1OC)C13CCC(OC)CC1N(CC3)C2.N[C@@H](CC(=O)O)C(=O)O. The maximum Gasteiger partial charge on any atom is 0.321 e. The minimum Gasteiger partial charge on any atom is -0.504 e. The number of ether oxygens (including phenoxy) is 3. The Morgan fingerprint density at radius 3 is 2.50 bits per heavy atom. The number of nitrogens with zero attached hydrogens (tertiary/aromatic N) is 1. The van der Waals surface area contributed by atoms with Gasteiger partial charge in [0, 0.05) is 30.7 Å². The first-order chi connectivity index (χ1) is 15.2. The fourth-order valence-electron chi connectivity index (χ4n) is 5.49. The standard InChI is InChI=1S/C18H25NO4.C4H7NO4/c1-21-12-4-5-18-6-7-19(14(18)9-12)10-11-8-13(22-2)17(23-3)16(20)15(11)18;5-2(4(8)9)1-3(6)7/h8,12,14,20H,4-7,9-10H2,1-3H3;2H,1,5H2,(H,6,7)(H,8,9)/t;2-/m.0/s1. The van der Waals surface area contributed by atoms with E-state index in [4.69, 9.17) is 30.2 Å². The van der Waals surface area contributed by atoms with Crippen LogP contribution in [0.25, 0.3) is 0 Å².